The zero-order valence-corrected chi connectivity index (χ0v) is 10.1. The highest BCUT2D eigenvalue weighted by molar-refractivity contribution is 5.08. The van der Waals surface area contributed by atoms with Crippen LogP contribution in [0.15, 0.2) is 12.4 Å². The monoisotopic (exact) mass is 249 g/mol. The maximum absolute atomic E-state index is 12.3. The SMILES string of the molecule is CC(C)CNCCCn1cc(C(F)(F)F)cn1. The van der Waals surface area contributed by atoms with Crippen molar-refractivity contribution in [1.29, 1.82) is 0 Å². The first-order valence-corrected chi connectivity index (χ1v) is 5.70. The van der Waals surface area contributed by atoms with Gasteiger partial charge in [0.15, 0.2) is 0 Å². The van der Waals surface area contributed by atoms with Gasteiger partial charge in [-0.2, -0.15) is 18.3 Å². The number of halogens is 3. The first-order chi connectivity index (χ1) is 7.89. The number of aryl methyl sites for hydroxylation is 1. The van der Waals surface area contributed by atoms with Gasteiger partial charge < -0.3 is 5.32 Å². The first kappa shape index (κ1) is 14.0. The average molecular weight is 249 g/mol. The lowest BCUT2D eigenvalue weighted by atomic mass is 10.2. The Balaban J connectivity index is 2.26. The van der Waals surface area contributed by atoms with Gasteiger partial charge in [0.1, 0.15) is 0 Å². The van der Waals surface area contributed by atoms with Gasteiger partial charge in [0.2, 0.25) is 0 Å². The maximum Gasteiger partial charge on any atom is 0.419 e. The minimum Gasteiger partial charge on any atom is -0.316 e. The number of hydrogen-bond acceptors (Lipinski definition) is 2. The van der Waals surface area contributed by atoms with Gasteiger partial charge in [-0.1, -0.05) is 13.8 Å². The van der Waals surface area contributed by atoms with Gasteiger partial charge >= 0.3 is 6.18 Å². The van der Waals surface area contributed by atoms with E-state index < -0.39 is 11.7 Å². The number of alkyl halides is 3. The number of nitrogens with one attached hydrogen (secondary N) is 1. The van der Waals surface area contributed by atoms with Crippen LogP contribution in [0.25, 0.3) is 0 Å². The summed E-state index contributed by atoms with van der Waals surface area (Å²) in [5.41, 5.74) is -0.687. The predicted molar refractivity (Wildman–Crippen MR) is 59.6 cm³/mol. The summed E-state index contributed by atoms with van der Waals surface area (Å²) >= 11 is 0. The molecule has 0 aromatic carbocycles. The molecule has 0 aliphatic rings. The highest BCUT2D eigenvalue weighted by Gasteiger charge is 2.31. The molecule has 1 N–H and O–H groups in total. The molecule has 1 rings (SSSR count). The summed E-state index contributed by atoms with van der Waals surface area (Å²) in [7, 11) is 0. The number of nitrogens with zero attached hydrogens (tertiary/aromatic N) is 2. The fourth-order valence-corrected chi connectivity index (χ4v) is 1.39. The highest BCUT2D eigenvalue weighted by Crippen LogP contribution is 2.28. The maximum atomic E-state index is 12.3. The summed E-state index contributed by atoms with van der Waals surface area (Å²) in [4.78, 5) is 0. The van der Waals surface area contributed by atoms with Gasteiger partial charge in [0.05, 0.1) is 11.8 Å². The summed E-state index contributed by atoms with van der Waals surface area (Å²) in [6.07, 6.45) is -1.62. The number of hydrogen-bond donors (Lipinski definition) is 1. The molecule has 3 nitrogen and oxygen atoms in total. The summed E-state index contributed by atoms with van der Waals surface area (Å²) in [5.74, 6) is 0.580. The van der Waals surface area contributed by atoms with E-state index in [0.717, 1.165) is 31.9 Å². The molecule has 0 amide bonds. The smallest absolute Gasteiger partial charge is 0.316 e. The van der Waals surface area contributed by atoms with Crippen LogP contribution in [-0.2, 0) is 12.7 Å². The van der Waals surface area contributed by atoms with E-state index in [9.17, 15) is 13.2 Å². The Morgan fingerprint density at radius 3 is 2.65 bits per heavy atom. The second-order valence-corrected chi connectivity index (χ2v) is 4.44. The Morgan fingerprint density at radius 1 is 1.41 bits per heavy atom. The van der Waals surface area contributed by atoms with Gasteiger partial charge in [-0.25, -0.2) is 0 Å². The van der Waals surface area contributed by atoms with Crippen LogP contribution in [0.3, 0.4) is 0 Å². The van der Waals surface area contributed by atoms with Gasteiger partial charge in [0, 0.05) is 12.7 Å². The predicted octanol–water partition coefficient (Wildman–Crippen LogP) is 2.54. The van der Waals surface area contributed by atoms with Crippen LogP contribution in [-0.4, -0.2) is 22.9 Å². The minimum absolute atomic E-state index is 0.501. The molecule has 0 unspecified atom stereocenters. The largest absolute Gasteiger partial charge is 0.419 e. The molecular weight excluding hydrogens is 231 g/mol. The van der Waals surface area contributed by atoms with Crippen molar-refractivity contribution in [2.45, 2.75) is 33.0 Å². The van der Waals surface area contributed by atoms with Crippen molar-refractivity contribution in [3.05, 3.63) is 18.0 Å². The molecule has 0 fully saturated rings. The van der Waals surface area contributed by atoms with Crippen LogP contribution in [0.5, 0.6) is 0 Å². The third-order valence-corrected chi connectivity index (χ3v) is 2.25. The molecule has 1 heterocycles. The third kappa shape index (κ3) is 5.21. The highest BCUT2D eigenvalue weighted by atomic mass is 19.4. The normalized spacial score (nSPS) is 12.4. The lowest BCUT2D eigenvalue weighted by molar-refractivity contribution is -0.137. The van der Waals surface area contributed by atoms with Crippen LogP contribution in [0.4, 0.5) is 13.2 Å². The van der Waals surface area contributed by atoms with E-state index in [1.54, 1.807) is 0 Å². The summed E-state index contributed by atoms with van der Waals surface area (Å²) in [5, 5.41) is 6.91. The molecule has 0 spiro atoms. The van der Waals surface area contributed by atoms with E-state index in [1.807, 2.05) is 0 Å². The molecule has 0 aliphatic carbocycles. The molecule has 6 heteroatoms. The van der Waals surface area contributed by atoms with Crippen LogP contribution < -0.4 is 5.32 Å². The van der Waals surface area contributed by atoms with Crippen molar-refractivity contribution in [2.75, 3.05) is 13.1 Å². The molecule has 0 bridgehead atoms. The van der Waals surface area contributed by atoms with E-state index in [2.05, 4.69) is 24.3 Å². The molecular formula is C11H18F3N3. The van der Waals surface area contributed by atoms with Gasteiger partial charge in [-0.3, -0.25) is 4.68 Å². The molecule has 1 aromatic rings. The third-order valence-electron chi connectivity index (χ3n) is 2.25. The molecule has 98 valence electrons. The van der Waals surface area contributed by atoms with Crippen LogP contribution in [0.2, 0.25) is 0 Å². The summed E-state index contributed by atoms with van der Waals surface area (Å²) < 4.78 is 38.1. The van der Waals surface area contributed by atoms with E-state index in [-0.39, 0.29) is 0 Å². The molecule has 0 saturated carbocycles. The van der Waals surface area contributed by atoms with Crippen molar-refractivity contribution >= 4 is 0 Å². The molecule has 0 atom stereocenters. The summed E-state index contributed by atoms with van der Waals surface area (Å²) in [6, 6.07) is 0. The Labute approximate surface area is 99.0 Å². The number of rotatable bonds is 6. The van der Waals surface area contributed by atoms with Crippen molar-refractivity contribution in [3.63, 3.8) is 0 Å². The molecule has 1 aromatic heterocycles. The fourth-order valence-electron chi connectivity index (χ4n) is 1.39. The van der Waals surface area contributed by atoms with Gasteiger partial charge in [-0.15, -0.1) is 0 Å². The Morgan fingerprint density at radius 2 is 2.12 bits per heavy atom. The van der Waals surface area contributed by atoms with Crippen molar-refractivity contribution in [2.24, 2.45) is 5.92 Å². The zero-order chi connectivity index (χ0) is 12.9. The summed E-state index contributed by atoms with van der Waals surface area (Å²) in [6.45, 7) is 6.43. The van der Waals surface area contributed by atoms with Crippen LogP contribution in [0.1, 0.15) is 25.8 Å². The van der Waals surface area contributed by atoms with E-state index in [4.69, 9.17) is 0 Å². The van der Waals surface area contributed by atoms with E-state index in [1.165, 1.54) is 4.68 Å². The Bertz CT molecular complexity index is 331. The molecule has 0 aliphatic heterocycles. The zero-order valence-electron chi connectivity index (χ0n) is 10.1. The average Bonchev–Trinajstić information content (AvgIpc) is 2.64. The standard InChI is InChI=1S/C11H18F3N3/c1-9(2)6-15-4-3-5-17-8-10(7-16-17)11(12,13)14/h7-9,15H,3-6H2,1-2H3. The first-order valence-electron chi connectivity index (χ1n) is 5.70. The second kappa shape index (κ2) is 6.05. The Hall–Kier alpha value is -1.04. The van der Waals surface area contributed by atoms with Gasteiger partial charge in [0.25, 0.3) is 0 Å². The quantitative estimate of drug-likeness (QED) is 0.785. The molecule has 17 heavy (non-hydrogen) atoms. The van der Waals surface area contributed by atoms with Crippen LogP contribution in [0, 0.1) is 5.92 Å². The topological polar surface area (TPSA) is 29.9 Å². The van der Waals surface area contributed by atoms with Crippen LogP contribution >= 0.6 is 0 Å². The Kier molecular flexibility index (Phi) is 4.99. The van der Waals surface area contributed by atoms with Crippen molar-refractivity contribution in [3.8, 4) is 0 Å². The minimum atomic E-state index is -4.30. The molecule has 0 radical (unpaired) electrons. The van der Waals surface area contributed by atoms with E-state index in [0.29, 0.717) is 12.5 Å². The lowest BCUT2D eigenvalue weighted by Gasteiger charge is -2.07. The van der Waals surface area contributed by atoms with Crippen molar-refractivity contribution in [1.82, 2.24) is 15.1 Å². The van der Waals surface area contributed by atoms with Gasteiger partial charge in [-0.05, 0) is 25.4 Å². The fraction of sp³-hybridized carbons (Fsp3) is 0.727. The lowest BCUT2D eigenvalue weighted by Crippen LogP contribution is -2.21. The molecule has 0 saturated heterocycles. The van der Waals surface area contributed by atoms with Crippen molar-refractivity contribution < 1.29 is 13.2 Å². The number of aromatic nitrogens is 2. The second-order valence-electron chi connectivity index (χ2n) is 4.44. The van der Waals surface area contributed by atoms with E-state index >= 15 is 0 Å².